The van der Waals surface area contributed by atoms with Crippen LogP contribution >= 0.6 is 11.6 Å². The molecule has 0 atom stereocenters. The first kappa shape index (κ1) is 14.1. The predicted octanol–water partition coefficient (Wildman–Crippen LogP) is 3.23. The number of ether oxygens (including phenoxy) is 2. The molecule has 0 radical (unpaired) electrons. The van der Waals surface area contributed by atoms with Crippen molar-refractivity contribution in [3.63, 3.8) is 0 Å². The van der Waals surface area contributed by atoms with E-state index in [2.05, 4.69) is 4.98 Å². The lowest BCUT2D eigenvalue weighted by atomic mass is 10.2. The van der Waals surface area contributed by atoms with Crippen LogP contribution in [0.25, 0.3) is 0 Å². The smallest absolute Gasteiger partial charge is 0.273 e. The molecule has 6 nitrogen and oxygen atoms in total. The average Bonchev–Trinajstić information content (AvgIpc) is 2.46. The van der Waals surface area contributed by atoms with Crippen LogP contribution in [0.2, 0.25) is 5.15 Å². The number of hydrogen-bond acceptors (Lipinski definition) is 5. The number of hydrogen-bond donors (Lipinski definition) is 0. The minimum absolute atomic E-state index is 0.0443. The van der Waals surface area contributed by atoms with Crippen LogP contribution in [0.3, 0.4) is 0 Å². The normalized spacial score (nSPS) is 10.1. The van der Waals surface area contributed by atoms with Crippen molar-refractivity contribution in [2.24, 2.45) is 0 Å². The Hall–Kier alpha value is -2.34. The fraction of sp³-hybridized carbons (Fsp3) is 0.154. The molecule has 0 aliphatic heterocycles. The van der Waals surface area contributed by atoms with Crippen molar-refractivity contribution in [3.05, 3.63) is 57.4 Å². The van der Waals surface area contributed by atoms with E-state index in [0.29, 0.717) is 22.2 Å². The van der Waals surface area contributed by atoms with Crippen molar-refractivity contribution in [1.29, 1.82) is 0 Å². The van der Waals surface area contributed by atoms with E-state index in [1.165, 1.54) is 25.4 Å². The van der Waals surface area contributed by atoms with Gasteiger partial charge in [0.15, 0.2) is 0 Å². The molecule has 0 N–H and O–H groups in total. The van der Waals surface area contributed by atoms with Crippen LogP contribution in [-0.4, -0.2) is 17.0 Å². The molecule has 0 aliphatic carbocycles. The van der Waals surface area contributed by atoms with Crippen LogP contribution in [0.15, 0.2) is 36.5 Å². The molecule has 0 unspecified atom stereocenters. The Kier molecular flexibility index (Phi) is 4.37. The topological polar surface area (TPSA) is 74.5 Å². The number of nitrogens with zero attached hydrogens (tertiary/aromatic N) is 2. The molecule has 1 aromatic carbocycles. The summed E-state index contributed by atoms with van der Waals surface area (Å²) in [5.41, 5.74) is 0.586. The van der Waals surface area contributed by atoms with E-state index in [-0.39, 0.29) is 12.3 Å². The van der Waals surface area contributed by atoms with Gasteiger partial charge in [-0.05, 0) is 23.8 Å². The first-order valence-electron chi connectivity index (χ1n) is 5.65. The highest BCUT2D eigenvalue weighted by molar-refractivity contribution is 6.29. The van der Waals surface area contributed by atoms with Gasteiger partial charge < -0.3 is 9.47 Å². The van der Waals surface area contributed by atoms with Gasteiger partial charge in [0, 0.05) is 6.07 Å². The molecule has 0 fully saturated rings. The Balaban J connectivity index is 2.14. The van der Waals surface area contributed by atoms with E-state index >= 15 is 0 Å². The van der Waals surface area contributed by atoms with Gasteiger partial charge in [-0.25, -0.2) is 4.98 Å². The molecule has 0 spiro atoms. The maximum Gasteiger partial charge on any atom is 0.273 e. The molecule has 0 saturated carbocycles. The molecule has 0 bridgehead atoms. The van der Waals surface area contributed by atoms with Crippen molar-refractivity contribution in [2.75, 3.05) is 7.11 Å². The third kappa shape index (κ3) is 3.58. The number of non-ortho nitro benzene ring substituents is 1. The summed E-state index contributed by atoms with van der Waals surface area (Å²) >= 11 is 5.67. The van der Waals surface area contributed by atoms with Gasteiger partial charge in [-0.3, -0.25) is 10.1 Å². The summed E-state index contributed by atoms with van der Waals surface area (Å²) in [6, 6.07) is 7.74. The van der Waals surface area contributed by atoms with E-state index in [1.54, 1.807) is 18.2 Å². The van der Waals surface area contributed by atoms with Gasteiger partial charge in [-0.2, -0.15) is 0 Å². The average molecular weight is 295 g/mol. The standard InChI is InChI=1S/C13H11ClN2O4/c1-19-12-5-9(4-10(6-12)16(17)18)8-20-11-2-3-13(14)15-7-11/h2-7H,8H2,1H3. The highest BCUT2D eigenvalue weighted by atomic mass is 35.5. The third-order valence-corrected chi connectivity index (χ3v) is 2.73. The lowest BCUT2D eigenvalue weighted by Crippen LogP contribution is -1.98. The number of pyridine rings is 1. The quantitative estimate of drug-likeness (QED) is 0.481. The van der Waals surface area contributed by atoms with E-state index in [4.69, 9.17) is 21.1 Å². The van der Waals surface area contributed by atoms with Crippen molar-refractivity contribution in [2.45, 2.75) is 6.61 Å². The van der Waals surface area contributed by atoms with Crippen molar-refractivity contribution < 1.29 is 14.4 Å². The highest BCUT2D eigenvalue weighted by Crippen LogP contribution is 2.23. The van der Waals surface area contributed by atoms with Crippen molar-refractivity contribution >= 4 is 17.3 Å². The number of rotatable bonds is 5. The summed E-state index contributed by atoms with van der Waals surface area (Å²) in [4.78, 5) is 14.2. The minimum Gasteiger partial charge on any atom is -0.496 e. The number of aromatic nitrogens is 1. The molecular formula is C13H11ClN2O4. The number of nitro benzene ring substituents is 1. The summed E-state index contributed by atoms with van der Waals surface area (Å²) in [6.45, 7) is 0.168. The van der Waals surface area contributed by atoms with E-state index < -0.39 is 4.92 Å². The highest BCUT2D eigenvalue weighted by Gasteiger charge is 2.10. The minimum atomic E-state index is -0.476. The molecule has 2 aromatic rings. The third-order valence-electron chi connectivity index (χ3n) is 2.50. The maximum absolute atomic E-state index is 10.8. The number of halogens is 1. The number of benzene rings is 1. The molecule has 0 aliphatic rings. The lowest BCUT2D eigenvalue weighted by Gasteiger charge is -2.07. The van der Waals surface area contributed by atoms with E-state index in [9.17, 15) is 10.1 Å². The van der Waals surface area contributed by atoms with Crippen LogP contribution in [-0.2, 0) is 6.61 Å². The number of nitro groups is 1. The maximum atomic E-state index is 10.8. The molecular weight excluding hydrogens is 284 g/mol. The van der Waals surface area contributed by atoms with E-state index in [1.807, 2.05) is 0 Å². The molecule has 2 rings (SSSR count). The van der Waals surface area contributed by atoms with Crippen LogP contribution in [0, 0.1) is 10.1 Å². The second kappa shape index (κ2) is 6.21. The second-order valence-corrected chi connectivity index (χ2v) is 4.29. The van der Waals surface area contributed by atoms with Crippen molar-refractivity contribution in [3.8, 4) is 11.5 Å². The summed E-state index contributed by atoms with van der Waals surface area (Å²) in [5, 5.41) is 11.2. The fourth-order valence-corrected chi connectivity index (χ4v) is 1.68. The van der Waals surface area contributed by atoms with Gasteiger partial charge in [-0.15, -0.1) is 0 Å². The summed E-state index contributed by atoms with van der Waals surface area (Å²) < 4.78 is 10.5. The van der Waals surface area contributed by atoms with Gasteiger partial charge in [0.05, 0.1) is 24.3 Å². The summed E-state index contributed by atoms with van der Waals surface area (Å²) in [7, 11) is 1.45. The molecule has 0 amide bonds. The molecule has 7 heteroatoms. The van der Waals surface area contributed by atoms with E-state index in [0.717, 1.165) is 0 Å². The van der Waals surface area contributed by atoms with Gasteiger partial charge >= 0.3 is 0 Å². The Bertz CT molecular complexity index is 616. The SMILES string of the molecule is COc1cc(COc2ccc(Cl)nc2)cc([N+](=O)[O-])c1. The first-order valence-corrected chi connectivity index (χ1v) is 6.03. The largest absolute Gasteiger partial charge is 0.496 e. The van der Waals surface area contributed by atoms with Gasteiger partial charge in [0.2, 0.25) is 0 Å². The summed E-state index contributed by atoms with van der Waals surface area (Å²) in [6.07, 6.45) is 1.48. The Labute approximate surface area is 120 Å². The zero-order valence-electron chi connectivity index (χ0n) is 10.6. The molecule has 0 saturated heterocycles. The molecule has 1 aromatic heterocycles. The van der Waals surface area contributed by atoms with Gasteiger partial charge in [0.25, 0.3) is 5.69 Å². The Morgan fingerprint density at radius 1 is 1.30 bits per heavy atom. The van der Waals surface area contributed by atoms with Gasteiger partial charge in [-0.1, -0.05) is 11.6 Å². The predicted molar refractivity (Wildman–Crippen MR) is 73.2 cm³/mol. The molecule has 1 heterocycles. The number of methoxy groups -OCH3 is 1. The van der Waals surface area contributed by atoms with Crippen LogP contribution in [0.4, 0.5) is 5.69 Å². The lowest BCUT2D eigenvalue weighted by molar-refractivity contribution is -0.385. The van der Waals surface area contributed by atoms with Crippen LogP contribution in [0.5, 0.6) is 11.5 Å². The Morgan fingerprint density at radius 2 is 2.10 bits per heavy atom. The monoisotopic (exact) mass is 294 g/mol. The zero-order chi connectivity index (χ0) is 14.5. The zero-order valence-corrected chi connectivity index (χ0v) is 11.3. The second-order valence-electron chi connectivity index (χ2n) is 3.90. The van der Waals surface area contributed by atoms with Crippen LogP contribution in [0.1, 0.15) is 5.56 Å². The van der Waals surface area contributed by atoms with Gasteiger partial charge in [0.1, 0.15) is 23.3 Å². The van der Waals surface area contributed by atoms with Crippen LogP contribution < -0.4 is 9.47 Å². The fourth-order valence-electron chi connectivity index (χ4n) is 1.56. The molecule has 104 valence electrons. The first-order chi connectivity index (χ1) is 9.58. The Morgan fingerprint density at radius 3 is 2.70 bits per heavy atom. The molecule has 20 heavy (non-hydrogen) atoms. The van der Waals surface area contributed by atoms with Crippen molar-refractivity contribution in [1.82, 2.24) is 4.98 Å². The summed E-state index contributed by atoms with van der Waals surface area (Å²) in [5.74, 6) is 0.937.